The molecule has 0 aromatic heterocycles. The highest BCUT2D eigenvalue weighted by atomic mass is 79.9. The molecular weight excluding hydrogens is 349 g/mol. The van der Waals surface area contributed by atoms with E-state index in [0.29, 0.717) is 10.5 Å². The molecule has 1 aromatic carbocycles. The zero-order valence-corrected chi connectivity index (χ0v) is 13.3. The van der Waals surface area contributed by atoms with Crippen LogP contribution in [0, 0.1) is 0 Å². The van der Waals surface area contributed by atoms with Crippen LogP contribution < -0.4 is 15.0 Å². The fourth-order valence-electron chi connectivity index (χ4n) is 2.52. The van der Waals surface area contributed by atoms with Crippen LogP contribution in [-0.2, 0) is 0 Å². The number of halogens is 4. The highest BCUT2D eigenvalue weighted by molar-refractivity contribution is 9.10. The third-order valence-electron chi connectivity index (χ3n) is 3.49. The second-order valence-corrected chi connectivity index (χ2v) is 5.84. The Hall–Kier alpha value is -0.950. The van der Waals surface area contributed by atoms with Gasteiger partial charge in [-0.15, -0.1) is 13.2 Å². The van der Waals surface area contributed by atoms with Crippen LogP contribution in [-0.4, -0.2) is 32.0 Å². The van der Waals surface area contributed by atoms with Crippen LogP contribution in [0.25, 0.3) is 0 Å². The number of anilines is 1. The maximum atomic E-state index is 12.2. The first-order valence-corrected chi connectivity index (χ1v) is 7.72. The molecule has 0 spiro atoms. The molecule has 0 atom stereocenters. The molecule has 0 unspecified atom stereocenters. The van der Waals surface area contributed by atoms with Gasteiger partial charge in [-0.25, -0.2) is 0 Å². The SMILES string of the molecule is CCNC1CCN(c2ccc(OC(F)(F)F)c(Br)c2)CC1. The Labute approximate surface area is 130 Å². The molecule has 7 heteroatoms. The van der Waals surface area contributed by atoms with E-state index in [-0.39, 0.29) is 5.75 Å². The van der Waals surface area contributed by atoms with Gasteiger partial charge in [-0.1, -0.05) is 6.92 Å². The van der Waals surface area contributed by atoms with Crippen LogP contribution in [0.4, 0.5) is 18.9 Å². The molecule has 1 aliphatic heterocycles. The highest BCUT2D eigenvalue weighted by Gasteiger charge is 2.32. The molecule has 3 nitrogen and oxygen atoms in total. The van der Waals surface area contributed by atoms with Crippen molar-refractivity contribution < 1.29 is 17.9 Å². The standard InChI is InChI=1S/C14H18BrF3N2O/c1-2-19-10-5-7-20(8-6-10)11-3-4-13(12(15)9-11)21-14(16,17)18/h3-4,9-10,19H,2,5-8H2,1H3. The Morgan fingerprint density at radius 3 is 2.52 bits per heavy atom. The summed E-state index contributed by atoms with van der Waals surface area (Å²) < 4.78 is 41.0. The fourth-order valence-corrected chi connectivity index (χ4v) is 2.97. The van der Waals surface area contributed by atoms with Crippen molar-refractivity contribution in [3.63, 3.8) is 0 Å². The minimum absolute atomic E-state index is 0.214. The Balaban J connectivity index is 2.01. The van der Waals surface area contributed by atoms with Gasteiger partial charge < -0.3 is 15.0 Å². The molecule has 21 heavy (non-hydrogen) atoms. The monoisotopic (exact) mass is 366 g/mol. The van der Waals surface area contributed by atoms with Gasteiger partial charge in [0.15, 0.2) is 0 Å². The molecule has 1 aromatic rings. The lowest BCUT2D eigenvalue weighted by Crippen LogP contribution is -2.42. The maximum Gasteiger partial charge on any atom is 0.573 e. The predicted molar refractivity (Wildman–Crippen MR) is 79.7 cm³/mol. The maximum absolute atomic E-state index is 12.2. The van der Waals surface area contributed by atoms with Crippen molar-refractivity contribution in [2.45, 2.75) is 32.2 Å². The second-order valence-electron chi connectivity index (χ2n) is 4.98. The first kappa shape index (κ1) is 16.4. The number of hydrogen-bond acceptors (Lipinski definition) is 3. The van der Waals surface area contributed by atoms with E-state index in [0.717, 1.165) is 38.2 Å². The summed E-state index contributed by atoms with van der Waals surface area (Å²) in [5.41, 5.74) is 0.909. The molecule has 1 fully saturated rings. The van der Waals surface area contributed by atoms with Crippen LogP contribution in [0.1, 0.15) is 19.8 Å². The number of rotatable bonds is 4. The summed E-state index contributed by atoms with van der Waals surface area (Å²) in [6.07, 6.45) is -2.60. The van der Waals surface area contributed by atoms with Crippen molar-refractivity contribution in [2.75, 3.05) is 24.5 Å². The fraction of sp³-hybridized carbons (Fsp3) is 0.571. The van der Waals surface area contributed by atoms with Gasteiger partial charge in [0.1, 0.15) is 5.75 Å². The van der Waals surface area contributed by atoms with Crippen molar-refractivity contribution in [2.24, 2.45) is 0 Å². The van der Waals surface area contributed by atoms with Gasteiger partial charge in [0.2, 0.25) is 0 Å². The molecule has 0 radical (unpaired) electrons. The zero-order valence-electron chi connectivity index (χ0n) is 11.7. The molecule has 1 N–H and O–H groups in total. The lowest BCUT2D eigenvalue weighted by Gasteiger charge is -2.34. The number of alkyl halides is 3. The Kier molecular flexibility index (Phi) is 5.37. The lowest BCUT2D eigenvalue weighted by molar-refractivity contribution is -0.274. The molecule has 1 saturated heterocycles. The molecule has 0 amide bonds. The summed E-state index contributed by atoms with van der Waals surface area (Å²) in [5.74, 6) is -0.214. The van der Waals surface area contributed by atoms with Crippen molar-refractivity contribution >= 4 is 21.6 Å². The molecule has 1 aliphatic rings. The summed E-state index contributed by atoms with van der Waals surface area (Å²) in [5, 5.41) is 3.42. The lowest BCUT2D eigenvalue weighted by atomic mass is 10.0. The van der Waals surface area contributed by atoms with Crippen molar-refractivity contribution in [1.29, 1.82) is 0 Å². The second kappa shape index (κ2) is 6.87. The largest absolute Gasteiger partial charge is 0.573 e. The zero-order chi connectivity index (χ0) is 15.5. The highest BCUT2D eigenvalue weighted by Crippen LogP contribution is 2.34. The van der Waals surface area contributed by atoms with Crippen molar-refractivity contribution in [3.05, 3.63) is 22.7 Å². The minimum Gasteiger partial charge on any atom is -0.405 e. The van der Waals surface area contributed by atoms with E-state index in [1.807, 2.05) is 0 Å². The molecule has 0 saturated carbocycles. The smallest absolute Gasteiger partial charge is 0.405 e. The van der Waals surface area contributed by atoms with Gasteiger partial charge in [-0.2, -0.15) is 0 Å². The quantitative estimate of drug-likeness (QED) is 0.873. The van der Waals surface area contributed by atoms with Crippen molar-refractivity contribution in [3.8, 4) is 5.75 Å². The van der Waals surface area contributed by atoms with E-state index in [1.165, 1.54) is 6.07 Å². The normalized spacial score (nSPS) is 17.1. The average molecular weight is 367 g/mol. The molecule has 2 rings (SSSR count). The summed E-state index contributed by atoms with van der Waals surface area (Å²) >= 11 is 3.14. The van der Waals surface area contributed by atoms with E-state index in [2.05, 4.69) is 37.8 Å². The third-order valence-corrected chi connectivity index (χ3v) is 4.11. The van der Waals surface area contributed by atoms with Gasteiger partial charge in [0.25, 0.3) is 0 Å². The number of hydrogen-bond donors (Lipinski definition) is 1. The van der Waals surface area contributed by atoms with Gasteiger partial charge >= 0.3 is 6.36 Å². The minimum atomic E-state index is -4.67. The Morgan fingerprint density at radius 1 is 1.33 bits per heavy atom. The van der Waals surface area contributed by atoms with Crippen LogP contribution in [0.15, 0.2) is 22.7 Å². The number of benzene rings is 1. The number of nitrogens with one attached hydrogen (secondary N) is 1. The van der Waals surface area contributed by atoms with Crippen molar-refractivity contribution in [1.82, 2.24) is 5.32 Å². The van der Waals surface area contributed by atoms with Crippen LogP contribution in [0.2, 0.25) is 0 Å². The number of piperidine rings is 1. The van der Waals surface area contributed by atoms with E-state index in [9.17, 15) is 13.2 Å². The summed E-state index contributed by atoms with van der Waals surface area (Å²) in [6.45, 7) is 4.83. The van der Waals surface area contributed by atoms with E-state index >= 15 is 0 Å². The summed E-state index contributed by atoms with van der Waals surface area (Å²) in [4.78, 5) is 2.18. The van der Waals surface area contributed by atoms with Crippen LogP contribution in [0.5, 0.6) is 5.75 Å². The van der Waals surface area contributed by atoms with Gasteiger partial charge in [-0.05, 0) is 53.5 Å². The van der Waals surface area contributed by atoms with Crippen LogP contribution >= 0.6 is 15.9 Å². The molecule has 0 bridgehead atoms. The number of nitrogens with zero attached hydrogens (tertiary/aromatic N) is 1. The predicted octanol–water partition coefficient (Wildman–Crippen LogP) is 3.93. The molecule has 0 aliphatic carbocycles. The Bertz CT molecular complexity index is 474. The Morgan fingerprint density at radius 2 is 2.00 bits per heavy atom. The summed E-state index contributed by atoms with van der Waals surface area (Å²) in [6, 6.07) is 5.22. The first-order valence-electron chi connectivity index (χ1n) is 6.92. The average Bonchev–Trinajstić information content (AvgIpc) is 2.41. The number of ether oxygens (including phenoxy) is 1. The van der Waals surface area contributed by atoms with Gasteiger partial charge in [-0.3, -0.25) is 0 Å². The molecule has 1 heterocycles. The van der Waals surface area contributed by atoms with E-state index in [4.69, 9.17) is 0 Å². The summed E-state index contributed by atoms with van der Waals surface area (Å²) in [7, 11) is 0. The van der Waals surface area contributed by atoms with Gasteiger partial charge in [0, 0.05) is 24.8 Å². The molecule has 118 valence electrons. The van der Waals surface area contributed by atoms with Crippen LogP contribution in [0.3, 0.4) is 0 Å². The first-order chi connectivity index (χ1) is 9.89. The van der Waals surface area contributed by atoms with E-state index < -0.39 is 6.36 Å². The molecular formula is C14H18BrF3N2O. The van der Waals surface area contributed by atoms with E-state index in [1.54, 1.807) is 12.1 Å². The van der Waals surface area contributed by atoms with Gasteiger partial charge in [0.05, 0.1) is 4.47 Å². The topological polar surface area (TPSA) is 24.5 Å². The third kappa shape index (κ3) is 4.78.